The van der Waals surface area contributed by atoms with E-state index in [1.165, 1.54) is 23.4 Å². The largest absolute Gasteiger partial charge is 0.332 e. The lowest BCUT2D eigenvalue weighted by atomic mass is 10.1. The minimum atomic E-state index is -0.403. The van der Waals surface area contributed by atoms with Crippen molar-refractivity contribution in [1.29, 1.82) is 0 Å². The number of hydrogen-bond acceptors (Lipinski definition) is 5. The molecular formula is C15H18N4O2S. The van der Waals surface area contributed by atoms with Gasteiger partial charge in [-0.15, -0.1) is 6.42 Å². The Morgan fingerprint density at radius 1 is 1.23 bits per heavy atom. The topological polar surface area (TPSA) is 69.8 Å². The molecule has 2 rings (SSSR count). The Morgan fingerprint density at radius 2 is 1.91 bits per heavy atom. The Bertz CT molecular complexity index is 874. The lowest BCUT2D eigenvalue weighted by Crippen LogP contribution is -2.38. The summed E-state index contributed by atoms with van der Waals surface area (Å²) < 4.78 is 2.44. The zero-order valence-corrected chi connectivity index (χ0v) is 13.9. The van der Waals surface area contributed by atoms with E-state index in [1.54, 1.807) is 7.05 Å². The monoisotopic (exact) mass is 318 g/mol. The van der Waals surface area contributed by atoms with Crippen LogP contribution in [-0.2, 0) is 20.5 Å². The quantitative estimate of drug-likeness (QED) is 0.477. The van der Waals surface area contributed by atoms with Gasteiger partial charge in [-0.3, -0.25) is 13.9 Å². The average Bonchev–Trinajstić information content (AvgIpc) is 2.47. The van der Waals surface area contributed by atoms with Gasteiger partial charge in [0.1, 0.15) is 16.2 Å². The van der Waals surface area contributed by atoms with Crippen LogP contribution in [0.4, 0.5) is 0 Å². The van der Waals surface area contributed by atoms with Gasteiger partial charge in [-0.25, -0.2) is 14.8 Å². The summed E-state index contributed by atoms with van der Waals surface area (Å²) in [5, 5.41) is 0.882. The number of aromatic nitrogens is 4. The lowest BCUT2D eigenvalue weighted by Gasteiger charge is -2.12. The second kappa shape index (κ2) is 6.36. The van der Waals surface area contributed by atoms with Crippen molar-refractivity contribution in [2.75, 3.05) is 5.75 Å². The molecule has 0 aliphatic heterocycles. The summed E-state index contributed by atoms with van der Waals surface area (Å²) in [4.78, 5) is 33.4. The van der Waals surface area contributed by atoms with E-state index in [1.807, 2.05) is 0 Å². The highest BCUT2D eigenvalue weighted by Crippen LogP contribution is 2.22. The molecule has 0 amide bonds. The first kappa shape index (κ1) is 16.3. The Balaban J connectivity index is 2.85. The molecule has 0 radical (unpaired) electrons. The third kappa shape index (κ3) is 2.92. The highest BCUT2D eigenvalue weighted by atomic mass is 32.2. The molecule has 2 aromatic rings. The lowest BCUT2D eigenvalue weighted by molar-refractivity contribution is 0.614. The van der Waals surface area contributed by atoms with Gasteiger partial charge >= 0.3 is 5.69 Å². The smallest absolute Gasteiger partial charge is 0.280 e. The molecule has 2 aromatic heterocycles. The highest BCUT2D eigenvalue weighted by molar-refractivity contribution is 7.99. The van der Waals surface area contributed by atoms with Crippen molar-refractivity contribution in [2.24, 2.45) is 20.0 Å². The summed E-state index contributed by atoms with van der Waals surface area (Å²) in [6.07, 6.45) is 5.98. The molecule has 2 heterocycles. The molecule has 0 spiro atoms. The minimum Gasteiger partial charge on any atom is -0.280 e. The minimum absolute atomic E-state index is 0.345. The number of terminal acetylenes is 1. The van der Waals surface area contributed by atoms with Crippen molar-refractivity contribution in [1.82, 2.24) is 19.1 Å². The van der Waals surface area contributed by atoms with E-state index in [2.05, 4.69) is 29.7 Å². The zero-order chi connectivity index (χ0) is 16.4. The molecule has 0 saturated heterocycles. The second-order valence-electron chi connectivity index (χ2n) is 5.44. The van der Waals surface area contributed by atoms with Crippen molar-refractivity contribution < 1.29 is 0 Å². The zero-order valence-electron chi connectivity index (χ0n) is 13.1. The van der Waals surface area contributed by atoms with E-state index in [0.29, 0.717) is 40.0 Å². The second-order valence-corrected chi connectivity index (χ2v) is 6.40. The van der Waals surface area contributed by atoms with Crippen molar-refractivity contribution >= 4 is 22.8 Å². The maximum absolute atomic E-state index is 12.4. The Kier molecular flexibility index (Phi) is 4.71. The maximum Gasteiger partial charge on any atom is 0.332 e. The standard InChI is InChI=1S/C15H18N4O2S/c1-6-7-22-13-11-12(16-10(17-13)8-9(2)3)18(4)15(21)19(5)14(11)20/h1,9H,7-8H2,2-5H3. The van der Waals surface area contributed by atoms with Gasteiger partial charge in [0.2, 0.25) is 0 Å². The fourth-order valence-corrected chi connectivity index (χ4v) is 2.86. The number of rotatable bonds is 4. The summed E-state index contributed by atoms with van der Waals surface area (Å²) in [7, 11) is 3.05. The Labute approximate surface area is 132 Å². The predicted octanol–water partition coefficient (Wildman–Crippen LogP) is 0.951. The molecule has 0 fully saturated rings. The van der Waals surface area contributed by atoms with Crippen LogP contribution in [0.25, 0.3) is 11.0 Å². The molecule has 0 aliphatic rings. The van der Waals surface area contributed by atoms with Gasteiger partial charge in [-0.1, -0.05) is 31.5 Å². The molecular weight excluding hydrogens is 300 g/mol. The van der Waals surface area contributed by atoms with Crippen LogP contribution >= 0.6 is 11.8 Å². The molecule has 0 saturated carbocycles. The van der Waals surface area contributed by atoms with Crippen molar-refractivity contribution in [2.45, 2.75) is 25.3 Å². The van der Waals surface area contributed by atoms with Crippen molar-refractivity contribution in [3.05, 3.63) is 26.7 Å². The molecule has 7 heteroatoms. The molecule has 0 aromatic carbocycles. The van der Waals surface area contributed by atoms with Crippen LogP contribution in [0.1, 0.15) is 19.7 Å². The number of aryl methyl sites for hydroxylation is 1. The summed E-state index contributed by atoms with van der Waals surface area (Å²) in [5.41, 5.74) is -0.438. The molecule has 6 nitrogen and oxygen atoms in total. The van der Waals surface area contributed by atoms with E-state index in [4.69, 9.17) is 6.42 Å². The van der Waals surface area contributed by atoms with Gasteiger partial charge in [0.25, 0.3) is 5.56 Å². The molecule has 0 aliphatic carbocycles. The van der Waals surface area contributed by atoms with Crippen LogP contribution in [0.15, 0.2) is 14.6 Å². The number of fused-ring (bicyclic) bond motifs is 1. The molecule has 0 atom stereocenters. The molecule has 0 N–H and O–H groups in total. The van der Waals surface area contributed by atoms with Gasteiger partial charge in [-0.05, 0) is 5.92 Å². The van der Waals surface area contributed by atoms with Crippen molar-refractivity contribution in [3.63, 3.8) is 0 Å². The summed E-state index contributed by atoms with van der Waals surface area (Å²) in [6, 6.07) is 0. The van der Waals surface area contributed by atoms with Crippen LogP contribution in [0.2, 0.25) is 0 Å². The SMILES string of the molecule is C#CCSc1nc(CC(C)C)nc2c1c(=O)n(C)c(=O)n2C. The molecule has 22 heavy (non-hydrogen) atoms. The first-order chi connectivity index (χ1) is 10.4. The van der Waals surface area contributed by atoms with Crippen LogP contribution < -0.4 is 11.2 Å². The van der Waals surface area contributed by atoms with E-state index in [0.717, 1.165) is 4.57 Å². The number of hydrogen-bond donors (Lipinski definition) is 0. The van der Waals surface area contributed by atoms with E-state index in [9.17, 15) is 9.59 Å². The first-order valence-electron chi connectivity index (χ1n) is 6.89. The van der Waals surface area contributed by atoms with Crippen molar-refractivity contribution in [3.8, 4) is 12.3 Å². The average molecular weight is 318 g/mol. The molecule has 116 valence electrons. The van der Waals surface area contributed by atoms with Crippen LogP contribution in [0, 0.1) is 18.3 Å². The number of thioether (sulfide) groups is 1. The normalized spacial score (nSPS) is 11.1. The summed E-state index contributed by atoms with van der Waals surface area (Å²) in [6.45, 7) is 4.12. The van der Waals surface area contributed by atoms with E-state index < -0.39 is 11.2 Å². The predicted molar refractivity (Wildman–Crippen MR) is 88.1 cm³/mol. The Morgan fingerprint density at radius 3 is 2.50 bits per heavy atom. The summed E-state index contributed by atoms with van der Waals surface area (Å²) >= 11 is 1.31. The van der Waals surface area contributed by atoms with Gasteiger partial charge in [-0.2, -0.15) is 0 Å². The van der Waals surface area contributed by atoms with Gasteiger partial charge in [0, 0.05) is 20.5 Å². The Hall–Kier alpha value is -2.07. The third-order valence-electron chi connectivity index (χ3n) is 3.20. The summed E-state index contributed by atoms with van der Waals surface area (Å²) in [5.74, 6) is 3.91. The third-order valence-corrected chi connectivity index (χ3v) is 4.08. The fraction of sp³-hybridized carbons (Fsp3) is 0.467. The van der Waals surface area contributed by atoms with E-state index in [-0.39, 0.29) is 0 Å². The maximum atomic E-state index is 12.4. The van der Waals surface area contributed by atoms with Gasteiger partial charge < -0.3 is 0 Å². The fourth-order valence-electron chi connectivity index (χ4n) is 2.14. The van der Waals surface area contributed by atoms with Gasteiger partial charge in [0.15, 0.2) is 5.65 Å². The first-order valence-corrected chi connectivity index (χ1v) is 7.88. The highest BCUT2D eigenvalue weighted by Gasteiger charge is 2.17. The van der Waals surface area contributed by atoms with E-state index >= 15 is 0 Å². The molecule has 0 bridgehead atoms. The van der Waals surface area contributed by atoms with Crippen LogP contribution in [0.3, 0.4) is 0 Å². The van der Waals surface area contributed by atoms with Crippen LogP contribution in [-0.4, -0.2) is 24.9 Å². The van der Waals surface area contributed by atoms with Crippen LogP contribution in [0.5, 0.6) is 0 Å². The molecule has 0 unspecified atom stereocenters. The van der Waals surface area contributed by atoms with Gasteiger partial charge in [0.05, 0.1) is 5.75 Å². The number of nitrogens with zero attached hydrogens (tertiary/aromatic N) is 4.